The van der Waals surface area contributed by atoms with Crippen molar-refractivity contribution in [3.8, 4) is 0 Å². The summed E-state index contributed by atoms with van der Waals surface area (Å²) in [4.78, 5) is 0. The van der Waals surface area contributed by atoms with Gasteiger partial charge in [-0.2, -0.15) is 0 Å². The van der Waals surface area contributed by atoms with E-state index in [0.29, 0.717) is 5.38 Å². The highest BCUT2D eigenvalue weighted by molar-refractivity contribution is 6.22. The van der Waals surface area contributed by atoms with E-state index < -0.39 is 0 Å². The van der Waals surface area contributed by atoms with E-state index in [1.54, 1.807) is 0 Å². The van der Waals surface area contributed by atoms with E-state index in [9.17, 15) is 0 Å². The number of rotatable bonds is 0. The molecular formula is C3H10ClN2+. The topological polar surface area (TPSA) is 52.0 Å². The van der Waals surface area contributed by atoms with Crippen LogP contribution in [0.3, 0.4) is 0 Å². The number of hydrogen-bond donors (Lipinski definition) is 2. The Morgan fingerprint density at radius 2 is 1.67 bits per heavy atom. The molecular weight excluding hydrogens is 99.5 g/mol. The van der Waals surface area contributed by atoms with Crippen molar-refractivity contribution in [3.63, 3.8) is 0 Å². The van der Waals surface area contributed by atoms with Gasteiger partial charge in [0.15, 0.2) is 0 Å². The first kappa shape index (κ1) is 6.21. The maximum absolute atomic E-state index is 5.39. The summed E-state index contributed by atoms with van der Waals surface area (Å²) in [5.74, 6) is 8.00. The molecule has 0 aromatic rings. The quantitative estimate of drug-likeness (QED) is 0.267. The van der Waals surface area contributed by atoms with Crippen LogP contribution in [0.4, 0.5) is 0 Å². The fraction of sp³-hybridized carbons (Fsp3) is 1.00. The second-order valence-corrected chi connectivity index (χ2v) is 1.79. The average Bonchev–Trinajstić information content (AvgIpc) is 2.30. The van der Waals surface area contributed by atoms with E-state index in [0.717, 1.165) is 0 Å². The van der Waals surface area contributed by atoms with Gasteiger partial charge in [-0.15, -0.1) is 11.6 Å². The summed E-state index contributed by atoms with van der Waals surface area (Å²) >= 11 is 5.39. The molecule has 0 atom stereocenters. The highest BCUT2D eigenvalue weighted by Gasteiger charge is 2.15. The smallest absolute Gasteiger partial charge is 0.274 e. The van der Waals surface area contributed by atoms with Gasteiger partial charge in [0.25, 0.3) is 0 Å². The summed E-state index contributed by atoms with van der Waals surface area (Å²) in [6.07, 6.45) is 2.50. The van der Waals surface area contributed by atoms with E-state index in [1.807, 2.05) is 0 Å². The van der Waals surface area contributed by atoms with Gasteiger partial charge in [0.05, 0.1) is 0 Å². The van der Waals surface area contributed by atoms with Crippen molar-refractivity contribution in [3.05, 3.63) is 0 Å². The third-order valence-electron chi connectivity index (χ3n) is 0.507. The Bertz CT molecular complexity index is 32.1. The minimum Gasteiger partial charge on any atom is -0.274 e. The number of alkyl halides is 1. The first-order valence-corrected chi connectivity index (χ1v) is 2.30. The molecule has 1 aliphatic carbocycles. The van der Waals surface area contributed by atoms with Crippen molar-refractivity contribution >= 4 is 11.6 Å². The standard InChI is InChI=1S/C3H5Cl.H4N2/c4-3-1-2-3;1-2/h3H,1-2H2;1-2H2/p+1. The summed E-state index contributed by atoms with van der Waals surface area (Å²) < 4.78 is 0. The van der Waals surface area contributed by atoms with Gasteiger partial charge in [-0.05, 0) is 12.8 Å². The Labute approximate surface area is 43.9 Å². The zero-order valence-corrected chi connectivity index (χ0v) is 4.28. The summed E-state index contributed by atoms with van der Waals surface area (Å²) in [7, 11) is 0. The first-order chi connectivity index (χ1) is 2.89. The summed E-state index contributed by atoms with van der Waals surface area (Å²) in [5.41, 5.74) is 0. The van der Waals surface area contributed by atoms with E-state index >= 15 is 0 Å². The molecule has 1 saturated carbocycles. The molecule has 3 heteroatoms. The Morgan fingerprint density at radius 3 is 1.67 bits per heavy atom. The molecule has 2 nitrogen and oxygen atoms in total. The normalized spacial score (nSPS) is 18.5. The van der Waals surface area contributed by atoms with Crippen LogP contribution in [0, 0.1) is 0 Å². The molecule has 0 bridgehead atoms. The lowest BCUT2D eigenvalue weighted by molar-refractivity contribution is 1.26. The molecule has 0 spiro atoms. The zero-order chi connectivity index (χ0) is 4.99. The fourth-order valence-electron chi connectivity index (χ4n) is 0.0630. The molecule has 38 valence electrons. The molecule has 0 saturated heterocycles. The van der Waals surface area contributed by atoms with Gasteiger partial charge in [-0.25, -0.2) is 0 Å². The van der Waals surface area contributed by atoms with E-state index in [-0.39, 0.29) is 1.43 Å². The van der Waals surface area contributed by atoms with Crippen LogP contribution in [0.2, 0.25) is 0 Å². The summed E-state index contributed by atoms with van der Waals surface area (Å²) in [6.45, 7) is 0. The fourth-order valence-corrected chi connectivity index (χ4v) is 0.189. The average molecular weight is 110 g/mol. The van der Waals surface area contributed by atoms with Crippen LogP contribution >= 0.6 is 11.6 Å². The lowest BCUT2D eigenvalue weighted by atomic mass is 11.0. The minimum atomic E-state index is 0. The number of nitrogens with two attached hydrogens (primary N) is 2. The monoisotopic (exact) mass is 109 g/mol. The van der Waals surface area contributed by atoms with E-state index in [1.165, 1.54) is 12.8 Å². The molecule has 0 heterocycles. The number of hydrogen-bond acceptors (Lipinski definition) is 2. The second-order valence-electron chi connectivity index (χ2n) is 1.17. The Hall–Kier alpha value is 0.210. The molecule has 0 aromatic heterocycles. The van der Waals surface area contributed by atoms with Gasteiger partial charge in [0.1, 0.15) is 0 Å². The molecule has 0 aromatic carbocycles. The first-order valence-electron chi connectivity index (χ1n) is 1.87. The lowest BCUT2D eigenvalue weighted by Crippen LogP contribution is -2.02. The number of halogens is 1. The van der Waals surface area contributed by atoms with Crippen LogP contribution in [0.1, 0.15) is 14.3 Å². The maximum Gasteiger partial charge on any atom is 1.00 e. The van der Waals surface area contributed by atoms with Crippen LogP contribution in [0.15, 0.2) is 0 Å². The highest BCUT2D eigenvalue weighted by atomic mass is 35.5. The van der Waals surface area contributed by atoms with E-state index in [4.69, 9.17) is 11.6 Å². The molecule has 0 radical (unpaired) electrons. The highest BCUT2D eigenvalue weighted by Crippen LogP contribution is 2.25. The van der Waals surface area contributed by atoms with Crippen molar-refractivity contribution in [2.75, 3.05) is 0 Å². The van der Waals surface area contributed by atoms with Crippen LogP contribution in [0.25, 0.3) is 0 Å². The Morgan fingerprint density at radius 1 is 1.50 bits per heavy atom. The molecule has 1 fully saturated rings. The third kappa shape index (κ3) is 4.21. The molecule has 6 heavy (non-hydrogen) atoms. The van der Waals surface area contributed by atoms with Crippen molar-refractivity contribution < 1.29 is 1.43 Å². The summed E-state index contributed by atoms with van der Waals surface area (Å²) in [5, 5.41) is 0.556. The second kappa shape index (κ2) is 3.40. The van der Waals surface area contributed by atoms with Crippen molar-refractivity contribution in [1.82, 2.24) is 0 Å². The molecule has 1 aliphatic rings. The van der Waals surface area contributed by atoms with Crippen molar-refractivity contribution in [1.29, 1.82) is 0 Å². The van der Waals surface area contributed by atoms with Crippen LogP contribution in [-0.2, 0) is 0 Å². The predicted octanol–water partition coefficient (Wildman–Crippen LogP) is 0.319. The Balaban J connectivity index is 0. The SMILES string of the molecule is ClC1CC1.NN.[H+]. The van der Waals surface area contributed by atoms with Gasteiger partial charge in [-0.1, -0.05) is 0 Å². The van der Waals surface area contributed by atoms with Gasteiger partial charge in [0, 0.05) is 5.38 Å². The van der Waals surface area contributed by atoms with Gasteiger partial charge < -0.3 is 0 Å². The van der Waals surface area contributed by atoms with Gasteiger partial charge in [-0.3, -0.25) is 11.7 Å². The van der Waals surface area contributed by atoms with Gasteiger partial charge >= 0.3 is 1.43 Å². The summed E-state index contributed by atoms with van der Waals surface area (Å²) in [6, 6.07) is 0. The zero-order valence-electron chi connectivity index (χ0n) is 4.52. The number of hydrazine groups is 1. The van der Waals surface area contributed by atoms with Crippen molar-refractivity contribution in [2.45, 2.75) is 18.2 Å². The lowest BCUT2D eigenvalue weighted by Gasteiger charge is -1.50. The molecule has 0 unspecified atom stereocenters. The molecule has 0 aliphatic heterocycles. The van der Waals surface area contributed by atoms with Crippen LogP contribution in [-0.4, -0.2) is 5.38 Å². The largest absolute Gasteiger partial charge is 1.00 e. The van der Waals surface area contributed by atoms with Crippen molar-refractivity contribution in [2.24, 2.45) is 11.7 Å². The van der Waals surface area contributed by atoms with Crippen LogP contribution < -0.4 is 11.7 Å². The van der Waals surface area contributed by atoms with E-state index in [2.05, 4.69) is 11.7 Å². The maximum atomic E-state index is 5.39. The molecule has 0 amide bonds. The van der Waals surface area contributed by atoms with Crippen LogP contribution in [0.5, 0.6) is 0 Å². The minimum absolute atomic E-state index is 0. The molecule has 1 rings (SSSR count). The molecule has 4 N–H and O–H groups in total. The predicted molar refractivity (Wildman–Crippen MR) is 28.4 cm³/mol. The Kier molecular flexibility index (Phi) is 3.52. The van der Waals surface area contributed by atoms with Gasteiger partial charge in [0.2, 0.25) is 0 Å². The third-order valence-corrected chi connectivity index (χ3v) is 0.943.